The van der Waals surface area contributed by atoms with Gasteiger partial charge < -0.3 is 10.6 Å². The zero-order chi connectivity index (χ0) is 14.0. The highest BCUT2D eigenvalue weighted by Gasteiger charge is 2.11. The molecule has 2 rings (SSSR count). The first-order chi connectivity index (χ1) is 8.97. The van der Waals surface area contributed by atoms with Gasteiger partial charge in [0.05, 0.1) is 5.02 Å². The van der Waals surface area contributed by atoms with Crippen molar-refractivity contribution in [1.82, 2.24) is 10.2 Å². The van der Waals surface area contributed by atoms with Gasteiger partial charge in [0.1, 0.15) is 0 Å². The zero-order valence-electron chi connectivity index (χ0n) is 10.9. The Labute approximate surface area is 126 Å². The fourth-order valence-corrected chi connectivity index (χ4v) is 3.43. The first-order valence-corrected chi connectivity index (χ1v) is 7.72. The molecule has 1 atom stereocenters. The van der Waals surface area contributed by atoms with Crippen LogP contribution in [0.5, 0.6) is 0 Å². The quantitative estimate of drug-likeness (QED) is 0.937. The number of anilines is 1. The van der Waals surface area contributed by atoms with Crippen LogP contribution in [0.2, 0.25) is 5.02 Å². The third-order valence-corrected chi connectivity index (χ3v) is 5.10. The van der Waals surface area contributed by atoms with E-state index in [4.69, 9.17) is 17.3 Å². The Morgan fingerprint density at radius 1 is 1.37 bits per heavy atom. The number of benzene rings is 1. The van der Waals surface area contributed by atoms with Crippen molar-refractivity contribution in [3.63, 3.8) is 0 Å². The van der Waals surface area contributed by atoms with Gasteiger partial charge in [-0.25, -0.2) is 0 Å². The maximum absolute atomic E-state index is 6.26. The molecule has 0 amide bonds. The molecule has 0 aliphatic heterocycles. The molecule has 0 fully saturated rings. The molecule has 0 saturated heterocycles. The molecule has 0 aliphatic rings. The van der Waals surface area contributed by atoms with Gasteiger partial charge in [-0.3, -0.25) is 0 Å². The van der Waals surface area contributed by atoms with Crippen LogP contribution >= 0.6 is 34.7 Å². The zero-order valence-corrected chi connectivity index (χ0v) is 13.3. The third kappa shape index (κ3) is 3.60. The summed E-state index contributed by atoms with van der Waals surface area (Å²) in [4.78, 5) is 2.90. The molecule has 102 valence electrons. The van der Waals surface area contributed by atoms with Gasteiger partial charge in [0.25, 0.3) is 0 Å². The lowest BCUT2D eigenvalue weighted by atomic mass is 10.1. The van der Waals surface area contributed by atoms with Crippen molar-refractivity contribution in [1.29, 1.82) is 0 Å². The van der Waals surface area contributed by atoms with E-state index in [2.05, 4.69) is 10.2 Å². The number of hydrogen-bond acceptors (Lipinski definition) is 6. The number of hydrogen-bond donors (Lipinski definition) is 1. The molecule has 0 bridgehead atoms. The summed E-state index contributed by atoms with van der Waals surface area (Å²) in [5, 5.41) is 9.81. The molecular weight excluding hydrogens is 300 g/mol. The Morgan fingerprint density at radius 3 is 2.63 bits per heavy atom. The van der Waals surface area contributed by atoms with Gasteiger partial charge in [-0.2, -0.15) is 0 Å². The minimum absolute atomic E-state index is 0.0153. The Morgan fingerprint density at radius 2 is 2.11 bits per heavy atom. The highest BCUT2D eigenvalue weighted by atomic mass is 35.5. The van der Waals surface area contributed by atoms with Crippen molar-refractivity contribution in [2.24, 2.45) is 5.73 Å². The predicted octanol–water partition coefficient (Wildman–Crippen LogP) is 3.43. The lowest BCUT2D eigenvalue weighted by Crippen LogP contribution is -2.07. The van der Waals surface area contributed by atoms with E-state index in [1.54, 1.807) is 0 Å². The molecule has 1 heterocycles. The normalized spacial score (nSPS) is 12.5. The SMILES string of the molecule is CC(N)c1ccc(Sc2nnc(N(C)C)s2)c(Cl)c1. The molecule has 1 unspecified atom stereocenters. The Balaban J connectivity index is 2.18. The lowest BCUT2D eigenvalue weighted by molar-refractivity contribution is 0.817. The molecule has 2 N–H and O–H groups in total. The number of rotatable bonds is 4. The van der Waals surface area contributed by atoms with Gasteiger partial charge in [-0.1, -0.05) is 40.8 Å². The van der Waals surface area contributed by atoms with Crippen LogP contribution < -0.4 is 10.6 Å². The summed E-state index contributed by atoms with van der Waals surface area (Å²) in [5.41, 5.74) is 6.86. The number of aromatic nitrogens is 2. The van der Waals surface area contributed by atoms with Crippen LogP contribution in [-0.2, 0) is 0 Å². The second-order valence-electron chi connectivity index (χ2n) is 4.33. The van der Waals surface area contributed by atoms with E-state index in [0.717, 1.165) is 19.9 Å². The van der Waals surface area contributed by atoms with Crippen molar-refractivity contribution < 1.29 is 0 Å². The summed E-state index contributed by atoms with van der Waals surface area (Å²) in [6.07, 6.45) is 0. The van der Waals surface area contributed by atoms with Crippen molar-refractivity contribution in [3.05, 3.63) is 28.8 Å². The lowest BCUT2D eigenvalue weighted by Gasteiger charge is -2.08. The topological polar surface area (TPSA) is 55.0 Å². The van der Waals surface area contributed by atoms with E-state index in [1.165, 1.54) is 23.1 Å². The number of nitrogens with zero attached hydrogens (tertiary/aromatic N) is 3. The molecule has 0 saturated carbocycles. The van der Waals surface area contributed by atoms with E-state index in [0.29, 0.717) is 5.02 Å². The first kappa shape index (κ1) is 14.6. The van der Waals surface area contributed by atoms with E-state index < -0.39 is 0 Å². The molecule has 0 aliphatic carbocycles. The Bertz CT molecular complexity index is 569. The Kier molecular flexibility index (Phi) is 4.67. The van der Waals surface area contributed by atoms with Gasteiger partial charge in [-0.15, -0.1) is 10.2 Å². The third-order valence-electron chi connectivity index (χ3n) is 2.46. The van der Waals surface area contributed by atoms with Crippen LogP contribution in [0.4, 0.5) is 5.13 Å². The summed E-state index contributed by atoms with van der Waals surface area (Å²) in [6, 6.07) is 5.86. The smallest absolute Gasteiger partial charge is 0.208 e. The monoisotopic (exact) mass is 314 g/mol. The second kappa shape index (κ2) is 6.09. The summed E-state index contributed by atoms with van der Waals surface area (Å²) in [5.74, 6) is 0. The molecule has 2 aromatic rings. The first-order valence-electron chi connectivity index (χ1n) is 5.71. The van der Waals surface area contributed by atoms with Crippen LogP contribution in [-0.4, -0.2) is 24.3 Å². The van der Waals surface area contributed by atoms with Crippen LogP contribution in [0.25, 0.3) is 0 Å². The molecule has 19 heavy (non-hydrogen) atoms. The molecular formula is C12H15ClN4S2. The summed E-state index contributed by atoms with van der Waals surface area (Å²) in [6.45, 7) is 1.94. The van der Waals surface area contributed by atoms with E-state index in [1.807, 2.05) is 44.1 Å². The average Bonchev–Trinajstić information content (AvgIpc) is 2.80. The van der Waals surface area contributed by atoms with Crippen LogP contribution in [0, 0.1) is 0 Å². The summed E-state index contributed by atoms with van der Waals surface area (Å²) >= 11 is 9.32. The molecule has 4 nitrogen and oxygen atoms in total. The van der Waals surface area contributed by atoms with Crippen molar-refractivity contribution >= 4 is 39.8 Å². The minimum atomic E-state index is -0.0153. The molecule has 1 aromatic carbocycles. The summed E-state index contributed by atoms with van der Waals surface area (Å²) < 4.78 is 0.874. The van der Waals surface area contributed by atoms with Crippen LogP contribution in [0.1, 0.15) is 18.5 Å². The second-order valence-corrected chi connectivity index (χ2v) is 6.98. The number of halogens is 1. The maximum Gasteiger partial charge on any atom is 0.208 e. The standard InChI is InChI=1S/C12H15ClN4S2/c1-7(14)8-4-5-10(9(13)6-8)18-12-16-15-11(19-12)17(2)3/h4-7H,14H2,1-3H3. The van der Waals surface area contributed by atoms with Crippen molar-refractivity contribution in [3.8, 4) is 0 Å². The molecule has 0 spiro atoms. The number of nitrogens with two attached hydrogens (primary N) is 1. The molecule has 1 aromatic heterocycles. The van der Waals surface area contributed by atoms with Crippen molar-refractivity contribution in [2.45, 2.75) is 22.2 Å². The van der Waals surface area contributed by atoms with E-state index in [9.17, 15) is 0 Å². The van der Waals surface area contributed by atoms with Crippen molar-refractivity contribution in [2.75, 3.05) is 19.0 Å². The summed E-state index contributed by atoms with van der Waals surface area (Å²) in [7, 11) is 3.89. The molecule has 0 radical (unpaired) electrons. The maximum atomic E-state index is 6.26. The minimum Gasteiger partial charge on any atom is -0.353 e. The van der Waals surface area contributed by atoms with Crippen LogP contribution in [0.3, 0.4) is 0 Å². The van der Waals surface area contributed by atoms with Gasteiger partial charge in [0, 0.05) is 25.0 Å². The van der Waals surface area contributed by atoms with Crippen LogP contribution in [0.15, 0.2) is 27.4 Å². The van der Waals surface area contributed by atoms with Gasteiger partial charge in [0.15, 0.2) is 4.34 Å². The van der Waals surface area contributed by atoms with Gasteiger partial charge in [-0.05, 0) is 24.6 Å². The average molecular weight is 315 g/mol. The highest BCUT2D eigenvalue weighted by molar-refractivity contribution is 8.01. The Hall–Kier alpha value is -0.820. The molecule has 7 heteroatoms. The predicted molar refractivity (Wildman–Crippen MR) is 82.4 cm³/mol. The van der Waals surface area contributed by atoms with E-state index >= 15 is 0 Å². The fourth-order valence-electron chi connectivity index (χ4n) is 1.40. The largest absolute Gasteiger partial charge is 0.353 e. The fraction of sp³-hybridized carbons (Fsp3) is 0.333. The highest BCUT2D eigenvalue weighted by Crippen LogP contribution is 2.37. The van der Waals surface area contributed by atoms with Gasteiger partial charge >= 0.3 is 0 Å². The van der Waals surface area contributed by atoms with Gasteiger partial charge in [0.2, 0.25) is 5.13 Å². The van der Waals surface area contributed by atoms with E-state index in [-0.39, 0.29) is 6.04 Å².